The van der Waals surface area contributed by atoms with E-state index in [2.05, 4.69) is 33.1 Å². The van der Waals surface area contributed by atoms with Crippen molar-refractivity contribution in [2.45, 2.75) is 19.3 Å². The molecule has 0 spiro atoms. The van der Waals surface area contributed by atoms with Gasteiger partial charge in [-0.05, 0) is 30.9 Å². The fraction of sp³-hybridized carbons (Fsp3) is 0.333. The summed E-state index contributed by atoms with van der Waals surface area (Å²) in [6.45, 7) is 0.904. The van der Waals surface area contributed by atoms with Gasteiger partial charge in [0.15, 0.2) is 5.82 Å². The number of nitrogens with zero attached hydrogens (tertiary/aromatic N) is 3. The first-order chi connectivity index (χ1) is 9.81. The van der Waals surface area contributed by atoms with Crippen LogP contribution in [-0.2, 0) is 6.42 Å². The number of benzene rings is 1. The number of para-hydroxylation sites is 1. The lowest BCUT2D eigenvalue weighted by Gasteiger charge is -2.25. The molecule has 0 bridgehead atoms. The zero-order valence-electron chi connectivity index (χ0n) is 11.5. The second kappa shape index (κ2) is 5.36. The van der Waals surface area contributed by atoms with Crippen LogP contribution in [0.3, 0.4) is 0 Å². The van der Waals surface area contributed by atoms with Crippen LogP contribution in [0.4, 0.5) is 17.2 Å². The maximum atomic E-state index is 6.14. The third-order valence-electron chi connectivity index (χ3n) is 3.64. The Labute approximate surface area is 118 Å². The molecule has 5 nitrogen and oxygen atoms in total. The van der Waals surface area contributed by atoms with Crippen LogP contribution in [0.5, 0.6) is 5.88 Å². The molecule has 1 aromatic carbocycles. The first kappa shape index (κ1) is 12.7. The first-order valence-corrected chi connectivity index (χ1v) is 6.81. The summed E-state index contributed by atoms with van der Waals surface area (Å²) in [5, 5.41) is 0. The Morgan fingerprint density at radius 1 is 1.20 bits per heavy atom. The summed E-state index contributed by atoms with van der Waals surface area (Å²) in [7, 11) is 1.57. The monoisotopic (exact) mass is 270 g/mol. The molecule has 1 aliphatic rings. The van der Waals surface area contributed by atoms with Gasteiger partial charge in [0.25, 0.3) is 0 Å². The molecule has 0 amide bonds. The molecule has 2 N–H and O–H groups in total. The van der Waals surface area contributed by atoms with Gasteiger partial charge in [-0.15, -0.1) is 0 Å². The van der Waals surface area contributed by atoms with E-state index in [-0.39, 0.29) is 0 Å². The number of aryl methyl sites for hydroxylation is 1. The third-order valence-corrected chi connectivity index (χ3v) is 3.64. The minimum Gasteiger partial charge on any atom is -0.479 e. The second-order valence-electron chi connectivity index (χ2n) is 4.86. The second-order valence-corrected chi connectivity index (χ2v) is 4.86. The van der Waals surface area contributed by atoms with Crippen molar-refractivity contribution >= 4 is 17.2 Å². The normalized spacial score (nSPS) is 14.6. The van der Waals surface area contributed by atoms with Gasteiger partial charge in [-0.1, -0.05) is 18.2 Å². The number of aromatic nitrogens is 2. The van der Waals surface area contributed by atoms with Gasteiger partial charge in [0.2, 0.25) is 5.88 Å². The number of nitrogens with two attached hydrogens (primary N) is 1. The lowest BCUT2D eigenvalue weighted by atomic mass is 10.1. The number of methoxy groups -OCH3 is 1. The predicted octanol–water partition coefficient (Wildman–Crippen LogP) is 2.54. The SMILES string of the molecule is COc1ncnc(N2CCCCc3ccccc32)c1N. The Balaban J connectivity index is 2.10. The summed E-state index contributed by atoms with van der Waals surface area (Å²) in [4.78, 5) is 10.6. The van der Waals surface area contributed by atoms with E-state index in [1.54, 1.807) is 7.11 Å². The van der Waals surface area contributed by atoms with Gasteiger partial charge in [0.1, 0.15) is 12.0 Å². The highest BCUT2D eigenvalue weighted by Gasteiger charge is 2.21. The standard InChI is InChI=1S/C15H18N4O/c1-20-15-13(16)14(17-10-18-15)19-9-5-4-7-11-6-2-3-8-12(11)19/h2-3,6,8,10H,4-5,7,9,16H2,1H3. The van der Waals surface area contributed by atoms with Gasteiger partial charge in [-0.3, -0.25) is 0 Å². The smallest absolute Gasteiger partial charge is 0.242 e. The van der Waals surface area contributed by atoms with Gasteiger partial charge >= 0.3 is 0 Å². The van der Waals surface area contributed by atoms with E-state index in [1.807, 2.05) is 6.07 Å². The van der Waals surface area contributed by atoms with Crippen LogP contribution < -0.4 is 15.4 Å². The van der Waals surface area contributed by atoms with Gasteiger partial charge in [-0.2, -0.15) is 4.98 Å². The molecule has 1 aromatic heterocycles. The summed E-state index contributed by atoms with van der Waals surface area (Å²) in [5.74, 6) is 1.16. The van der Waals surface area contributed by atoms with E-state index in [0.29, 0.717) is 11.6 Å². The van der Waals surface area contributed by atoms with E-state index in [9.17, 15) is 0 Å². The molecule has 0 saturated carbocycles. The van der Waals surface area contributed by atoms with Crippen molar-refractivity contribution in [2.75, 3.05) is 24.3 Å². The highest BCUT2D eigenvalue weighted by atomic mass is 16.5. The van der Waals surface area contributed by atoms with Crippen LogP contribution in [0.15, 0.2) is 30.6 Å². The fourth-order valence-corrected chi connectivity index (χ4v) is 2.66. The summed E-state index contributed by atoms with van der Waals surface area (Å²) < 4.78 is 5.19. The number of ether oxygens (including phenoxy) is 1. The van der Waals surface area contributed by atoms with Crippen molar-refractivity contribution in [3.63, 3.8) is 0 Å². The average molecular weight is 270 g/mol. The lowest BCUT2D eigenvalue weighted by Crippen LogP contribution is -2.21. The molecular formula is C15H18N4O. The first-order valence-electron chi connectivity index (χ1n) is 6.81. The molecule has 2 heterocycles. The molecular weight excluding hydrogens is 252 g/mol. The number of fused-ring (bicyclic) bond motifs is 1. The van der Waals surface area contributed by atoms with Gasteiger partial charge in [0.05, 0.1) is 7.11 Å². The van der Waals surface area contributed by atoms with Crippen LogP contribution in [-0.4, -0.2) is 23.6 Å². The van der Waals surface area contributed by atoms with Crippen molar-refractivity contribution in [2.24, 2.45) is 0 Å². The maximum Gasteiger partial charge on any atom is 0.242 e. The average Bonchev–Trinajstić information content (AvgIpc) is 2.70. The molecule has 0 fully saturated rings. The molecule has 0 unspecified atom stereocenters. The van der Waals surface area contributed by atoms with Crippen molar-refractivity contribution in [3.8, 4) is 5.88 Å². The molecule has 104 valence electrons. The predicted molar refractivity (Wildman–Crippen MR) is 79.4 cm³/mol. The van der Waals surface area contributed by atoms with Gasteiger partial charge < -0.3 is 15.4 Å². The Kier molecular flexibility index (Phi) is 3.41. The zero-order chi connectivity index (χ0) is 13.9. The topological polar surface area (TPSA) is 64.3 Å². The van der Waals surface area contributed by atoms with Crippen LogP contribution >= 0.6 is 0 Å². The highest BCUT2D eigenvalue weighted by molar-refractivity contribution is 5.75. The fourth-order valence-electron chi connectivity index (χ4n) is 2.66. The summed E-state index contributed by atoms with van der Waals surface area (Å²) >= 11 is 0. The summed E-state index contributed by atoms with van der Waals surface area (Å²) in [6.07, 6.45) is 4.88. The number of rotatable bonds is 2. The third kappa shape index (κ3) is 2.15. The Hall–Kier alpha value is -2.30. The Morgan fingerprint density at radius 3 is 2.90 bits per heavy atom. The van der Waals surface area contributed by atoms with E-state index >= 15 is 0 Å². The molecule has 2 aromatic rings. The maximum absolute atomic E-state index is 6.14. The summed E-state index contributed by atoms with van der Waals surface area (Å²) in [5.41, 5.74) is 9.15. The molecule has 0 aliphatic carbocycles. The van der Waals surface area contributed by atoms with E-state index in [0.717, 1.165) is 25.2 Å². The largest absolute Gasteiger partial charge is 0.479 e. The zero-order valence-corrected chi connectivity index (χ0v) is 11.5. The van der Waals surface area contributed by atoms with Crippen molar-refractivity contribution in [1.29, 1.82) is 0 Å². The molecule has 1 aliphatic heterocycles. The van der Waals surface area contributed by atoms with Crippen molar-refractivity contribution in [1.82, 2.24) is 9.97 Å². The van der Waals surface area contributed by atoms with E-state index < -0.39 is 0 Å². The minimum absolute atomic E-state index is 0.428. The van der Waals surface area contributed by atoms with E-state index in [1.165, 1.54) is 24.0 Å². The molecule has 0 saturated heterocycles. The van der Waals surface area contributed by atoms with Crippen LogP contribution in [0.2, 0.25) is 0 Å². The number of hydrogen-bond donors (Lipinski definition) is 1. The Morgan fingerprint density at radius 2 is 2.05 bits per heavy atom. The molecule has 0 atom stereocenters. The highest BCUT2D eigenvalue weighted by Crippen LogP contribution is 2.36. The molecule has 0 radical (unpaired) electrons. The lowest BCUT2D eigenvalue weighted by molar-refractivity contribution is 0.399. The van der Waals surface area contributed by atoms with Crippen LogP contribution in [0, 0.1) is 0 Å². The van der Waals surface area contributed by atoms with Crippen molar-refractivity contribution < 1.29 is 4.74 Å². The number of anilines is 3. The van der Waals surface area contributed by atoms with Gasteiger partial charge in [-0.25, -0.2) is 4.98 Å². The molecule has 20 heavy (non-hydrogen) atoms. The van der Waals surface area contributed by atoms with Crippen LogP contribution in [0.1, 0.15) is 18.4 Å². The quantitative estimate of drug-likeness (QED) is 0.908. The van der Waals surface area contributed by atoms with Crippen molar-refractivity contribution in [3.05, 3.63) is 36.2 Å². The molecule has 3 rings (SSSR count). The van der Waals surface area contributed by atoms with Gasteiger partial charge in [0, 0.05) is 12.2 Å². The van der Waals surface area contributed by atoms with E-state index in [4.69, 9.17) is 10.5 Å². The molecule has 5 heteroatoms. The Bertz CT molecular complexity index is 615. The number of nitrogen functional groups attached to an aromatic ring is 1. The van der Waals surface area contributed by atoms with Crippen LogP contribution in [0.25, 0.3) is 0 Å². The minimum atomic E-state index is 0.428. The number of hydrogen-bond acceptors (Lipinski definition) is 5. The summed E-state index contributed by atoms with van der Waals surface area (Å²) in [6, 6.07) is 8.41.